The molecule has 2 N–H and O–H groups in total. The van der Waals surface area contributed by atoms with Crippen LogP contribution >= 0.6 is 0 Å². The van der Waals surface area contributed by atoms with Crippen molar-refractivity contribution in [3.05, 3.63) is 29.1 Å². The number of aromatic nitrogens is 2. The Bertz CT molecular complexity index is 497. The zero-order valence-corrected chi connectivity index (χ0v) is 10.5. The van der Waals surface area contributed by atoms with Gasteiger partial charge in [-0.3, -0.25) is 0 Å². The van der Waals surface area contributed by atoms with Gasteiger partial charge in [-0.05, 0) is 63.0 Å². The number of nitrogens with zero attached hydrogens (tertiary/aromatic N) is 1. The van der Waals surface area contributed by atoms with Crippen molar-refractivity contribution in [2.75, 3.05) is 13.1 Å². The van der Waals surface area contributed by atoms with Gasteiger partial charge in [-0.2, -0.15) is 0 Å². The van der Waals surface area contributed by atoms with Crippen molar-refractivity contribution in [2.24, 2.45) is 0 Å². The van der Waals surface area contributed by atoms with Crippen molar-refractivity contribution in [1.29, 1.82) is 0 Å². The molecule has 3 nitrogen and oxygen atoms in total. The van der Waals surface area contributed by atoms with E-state index in [9.17, 15) is 0 Å². The Morgan fingerprint density at radius 2 is 1.82 bits per heavy atom. The number of aromatic amines is 1. The van der Waals surface area contributed by atoms with Crippen LogP contribution in [0.25, 0.3) is 11.0 Å². The van der Waals surface area contributed by atoms with Gasteiger partial charge < -0.3 is 10.3 Å². The van der Waals surface area contributed by atoms with Gasteiger partial charge >= 0.3 is 0 Å². The number of hydrogen-bond donors (Lipinski definition) is 2. The predicted octanol–water partition coefficient (Wildman–Crippen LogP) is 2.65. The number of aryl methyl sites for hydroxylation is 2. The van der Waals surface area contributed by atoms with E-state index in [4.69, 9.17) is 4.98 Å². The standard InChI is InChI=1S/C14H19N3/c1-9-7-12-13(8-10(9)2)17-14(16-12)11-3-5-15-6-4-11/h7-8,11,15H,3-6H2,1-2H3,(H,16,17). The zero-order chi connectivity index (χ0) is 11.8. The Balaban J connectivity index is 2.00. The van der Waals surface area contributed by atoms with E-state index >= 15 is 0 Å². The monoisotopic (exact) mass is 229 g/mol. The number of piperidine rings is 1. The van der Waals surface area contributed by atoms with Crippen LogP contribution in [0.1, 0.15) is 35.7 Å². The molecule has 0 radical (unpaired) electrons. The lowest BCUT2D eigenvalue weighted by Crippen LogP contribution is -2.27. The second-order valence-corrected chi connectivity index (χ2v) is 5.10. The number of H-pyrrole nitrogens is 1. The van der Waals surface area contributed by atoms with Gasteiger partial charge in [0.15, 0.2) is 0 Å². The number of nitrogens with one attached hydrogen (secondary N) is 2. The molecular weight excluding hydrogens is 210 g/mol. The van der Waals surface area contributed by atoms with Gasteiger partial charge in [0.25, 0.3) is 0 Å². The van der Waals surface area contributed by atoms with Crippen LogP contribution in [0.15, 0.2) is 12.1 Å². The van der Waals surface area contributed by atoms with E-state index in [0.717, 1.165) is 18.6 Å². The molecule has 0 aliphatic carbocycles. The molecule has 0 spiro atoms. The van der Waals surface area contributed by atoms with Crippen LogP contribution < -0.4 is 5.32 Å². The van der Waals surface area contributed by atoms with Crippen molar-refractivity contribution >= 4 is 11.0 Å². The molecule has 1 aliphatic heterocycles. The minimum absolute atomic E-state index is 0.601. The van der Waals surface area contributed by atoms with Gasteiger partial charge in [-0.15, -0.1) is 0 Å². The average Bonchev–Trinajstić information content (AvgIpc) is 2.74. The Morgan fingerprint density at radius 3 is 2.59 bits per heavy atom. The maximum atomic E-state index is 4.76. The molecule has 0 unspecified atom stereocenters. The molecule has 1 aromatic heterocycles. The number of hydrogen-bond acceptors (Lipinski definition) is 2. The fourth-order valence-electron chi connectivity index (χ4n) is 2.58. The maximum absolute atomic E-state index is 4.76. The summed E-state index contributed by atoms with van der Waals surface area (Å²) in [6.07, 6.45) is 2.38. The van der Waals surface area contributed by atoms with Crippen LogP contribution in [0.2, 0.25) is 0 Å². The first-order valence-corrected chi connectivity index (χ1v) is 6.41. The van der Waals surface area contributed by atoms with Crippen LogP contribution in [-0.2, 0) is 0 Å². The molecule has 1 aromatic carbocycles. The quantitative estimate of drug-likeness (QED) is 0.789. The first-order chi connectivity index (χ1) is 8.24. The summed E-state index contributed by atoms with van der Waals surface area (Å²) in [4.78, 5) is 8.25. The number of benzene rings is 1. The summed E-state index contributed by atoms with van der Waals surface area (Å²) in [7, 11) is 0. The smallest absolute Gasteiger partial charge is 0.110 e. The topological polar surface area (TPSA) is 40.7 Å². The molecular formula is C14H19N3. The van der Waals surface area contributed by atoms with E-state index in [0.29, 0.717) is 5.92 Å². The van der Waals surface area contributed by atoms with Crippen LogP contribution in [0.3, 0.4) is 0 Å². The lowest BCUT2D eigenvalue weighted by Gasteiger charge is -2.20. The maximum Gasteiger partial charge on any atom is 0.110 e. The SMILES string of the molecule is Cc1cc2nc(C3CCNCC3)[nH]c2cc1C. The van der Waals surface area contributed by atoms with Crippen LogP contribution in [-0.4, -0.2) is 23.1 Å². The van der Waals surface area contributed by atoms with Crippen molar-refractivity contribution < 1.29 is 0 Å². The van der Waals surface area contributed by atoms with Gasteiger partial charge in [0.05, 0.1) is 11.0 Å². The minimum Gasteiger partial charge on any atom is -0.342 e. The van der Waals surface area contributed by atoms with Crippen molar-refractivity contribution in [2.45, 2.75) is 32.6 Å². The van der Waals surface area contributed by atoms with E-state index in [1.807, 2.05) is 0 Å². The minimum atomic E-state index is 0.601. The second-order valence-electron chi connectivity index (χ2n) is 5.10. The highest BCUT2D eigenvalue weighted by Crippen LogP contribution is 2.26. The Kier molecular flexibility index (Phi) is 2.63. The number of imidazole rings is 1. The van der Waals surface area contributed by atoms with Gasteiger partial charge in [0.2, 0.25) is 0 Å². The Morgan fingerprint density at radius 1 is 1.12 bits per heavy atom. The van der Waals surface area contributed by atoms with Gasteiger partial charge in [0, 0.05) is 5.92 Å². The second kappa shape index (κ2) is 4.15. The van der Waals surface area contributed by atoms with Crippen LogP contribution in [0.5, 0.6) is 0 Å². The lowest BCUT2D eigenvalue weighted by atomic mass is 9.98. The summed E-state index contributed by atoms with van der Waals surface area (Å²) < 4.78 is 0. The van der Waals surface area contributed by atoms with Crippen molar-refractivity contribution in [3.63, 3.8) is 0 Å². The molecule has 1 saturated heterocycles. The van der Waals surface area contributed by atoms with Gasteiger partial charge in [-0.25, -0.2) is 4.98 Å². The van der Waals surface area contributed by atoms with E-state index < -0.39 is 0 Å². The molecule has 0 atom stereocenters. The summed E-state index contributed by atoms with van der Waals surface area (Å²) in [6.45, 7) is 6.52. The molecule has 2 aromatic rings. The molecule has 0 bridgehead atoms. The lowest BCUT2D eigenvalue weighted by molar-refractivity contribution is 0.448. The largest absolute Gasteiger partial charge is 0.342 e. The summed E-state index contributed by atoms with van der Waals surface area (Å²) in [6, 6.07) is 4.40. The Labute approximate surface area is 102 Å². The molecule has 1 aliphatic rings. The summed E-state index contributed by atoms with van der Waals surface area (Å²) in [5.41, 5.74) is 4.95. The van der Waals surface area contributed by atoms with E-state index in [-0.39, 0.29) is 0 Å². The number of fused-ring (bicyclic) bond motifs is 1. The first-order valence-electron chi connectivity index (χ1n) is 6.41. The molecule has 0 saturated carbocycles. The zero-order valence-electron chi connectivity index (χ0n) is 10.5. The van der Waals surface area contributed by atoms with Crippen LogP contribution in [0, 0.1) is 13.8 Å². The summed E-state index contributed by atoms with van der Waals surface area (Å²) in [5, 5.41) is 3.39. The van der Waals surface area contributed by atoms with E-state index in [1.54, 1.807) is 0 Å². The number of rotatable bonds is 1. The van der Waals surface area contributed by atoms with Gasteiger partial charge in [-0.1, -0.05) is 0 Å². The highest BCUT2D eigenvalue weighted by Gasteiger charge is 2.18. The third-order valence-corrected chi connectivity index (χ3v) is 3.84. The van der Waals surface area contributed by atoms with Crippen molar-refractivity contribution in [1.82, 2.24) is 15.3 Å². The van der Waals surface area contributed by atoms with Crippen LogP contribution in [0.4, 0.5) is 0 Å². The third-order valence-electron chi connectivity index (χ3n) is 3.84. The molecule has 17 heavy (non-hydrogen) atoms. The summed E-state index contributed by atoms with van der Waals surface area (Å²) >= 11 is 0. The van der Waals surface area contributed by atoms with E-state index in [2.05, 4.69) is 36.3 Å². The highest BCUT2D eigenvalue weighted by atomic mass is 14.9. The molecule has 2 heterocycles. The average molecular weight is 229 g/mol. The van der Waals surface area contributed by atoms with Crippen molar-refractivity contribution in [3.8, 4) is 0 Å². The molecule has 3 rings (SSSR count). The first kappa shape index (κ1) is 10.8. The third kappa shape index (κ3) is 1.95. The fraction of sp³-hybridized carbons (Fsp3) is 0.500. The predicted molar refractivity (Wildman–Crippen MR) is 70.4 cm³/mol. The van der Waals surface area contributed by atoms with E-state index in [1.165, 1.54) is 35.3 Å². The van der Waals surface area contributed by atoms with Gasteiger partial charge in [0.1, 0.15) is 5.82 Å². The molecule has 1 fully saturated rings. The molecule has 3 heteroatoms. The normalized spacial score (nSPS) is 17.8. The molecule has 0 amide bonds. The highest BCUT2D eigenvalue weighted by molar-refractivity contribution is 5.77. The fourth-order valence-corrected chi connectivity index (χ4v) is 2.58. The molecule has 90 valence electrons. The Hall–Kier alpha value is -1.35. The summed E-state index contributed by atoms with van der Waals surface area (Å²) in [5.74, 6) is 1.77.